The highest BCUT2D eigenvalue weighted by Crippen LogP contribution is 2.61. The number of hydrogen-bond donors (Lipinski definition) is 0. The van der Waals surface area contributed by atoms with E-state index >= 15 is 0 Å². The fourth-order valence-corrected chi connectivity index (χ4v) is 5.82. The van der Waals surface area contributed by atoms with Gasteiger partial charge in [0.25, 0.3) is 0 Å². The summed E-state index contributed by atoms with van der Waals surface area (Å²) in [5.41, 5.74) is 4.82. The first-order valence-corrected chi connectivity index (χ1v) is 10.3. The first kappa shape index (κ1) is 18.2. The predicted octanol–water partition coefficient (Wildman–Crippen LogP) is 6.84. The van der Waals surface area contributed by atoms with Crippen molar-refractivity contribution >= 4 is 15.9 Å². The van der Waals surface area contributed by atoms with Crippen LogP contribution in [0.2, 0.25) is 0 Å². The highest BCUT2D eigenvalue weighted by Gasteiger charge is 2.53. The number of piperidine rings is 1. The van der Waals surface area contributed by atoms with Gasteiger partial charge in [0.15, 0.2) is 0 Å². The average molecular weight is 390 g/mol. The number of halogens is 1. The first-order valence-electron chi connectivity index (χ1n) is 9.55. The van der Waals surface area contributed by atoms with Crippen LogP contribution in [0.4, 0.5) is 0 Å². The minimum absolute atomic E-state index is 0.350. The van der Waals surface area contributed by atoms with Crippen molar-refractivity contribution in [2.24, 2.45) is 5.41 Å². The van der Waals surface area contributed by atoms with E-state index in [0.717, 1.165) is 6.42 Å². The molecule has 2 heterocycles. The van der Waals surface area contributed by atoms with E-state index in [2.05, 4.69) is 73.3 Å². The third kappa shape index (κ3) is 3.12. The van der Waals surface area contributed by atoms with Crippen molar-refractivity contribution < 1.29 is 0 Å². The van der Waals surface area contributed by atoms with Crippen molar-refractivity contribution in [1.29, 1.82) is 0 Å². The Hall–Kier alpha value is -0.600. The Morgan fingerprint density at radius 3 is 2.75 bits per heavy atom. The summed E-state index contributed by atoms with van der Waals surface area (Å²) >= 11 is 3.87. The molecule has 3 atom stereocenters. The Morgan fingerprint density at radius 2 is 2.08 bits per heavy atom. The first-order chi connectivity index (χ1) is 11.4. The van der Waals surface area contributed by atoms with Crippen LogP contribution in [0.25, 0.3) is 0 Å². The maximum absolute atomic E-state index is 4.25. The SMILES string of the molecule is C=C(C)CC1C2c3c(Br)cccc3C(CC2(C)C)N1CCCCC. The van der Waals surface area contributed by atoms with Gasteiger partial charge in [0.1, 0.15) is 0 Å². The smallest absolute Gasteiger partial charge is 0.0359 e. The summed E-state index contributed by atoms with van der Waals surface area (Å²) in [6.07, 6.45) is 6.34. The number of unbranched alkanes of at least 4 members (excludes halogenated alkanes) is 2. The summed E-state index contributed by atoms with van der Waals surface area (Å²) in [6, 6.07) is 7.98. The van der Waals surface area contributed by atoms with Gasteiger partial charge >= 0.3 is 0 Å². The van der Waals surface area contributed by atoms with Gasteiger partial charge < -0.3 is 0 Å². The maximum atomic E-state index is 4.25. The molecule has 1 fully saturated rings. The zero-order valence-corrected chi connectivity index (χ0v) is 17.3. The number of fused-ring (bicyclic) bond motifs is 2. The molecule has 1 aromatic carbocycles. The quantitative estimate of drug-likeness (QED) is 0.379. The Kier molecular flexibility index (Phi) is 5.28. The summed E-state index contributed by atoms with van der Waals surface area (Å²) in [6.45, 7) is 14.9. The molecule has 0 spiro atoms. The molecule has 0 amide bonds. The number of rotatable bonds is 6. The van der Waals surface area contributed by atoms with Crippen molar-refractivity contribution in [3.05, 3.63) is 46.0 Å². The number of hydrogen-bond acceptors (Lipinski definition) is 1. The van der Waals surface area contributed by atoms with Crippen LogP contribution in [0.3, 0.4) is 0 Å². The molecule has 24 heavy (non-hydrogen) atoms. The molecule has 1 aromatic rings. The zero-order chi connectivity index (χ0) is 17.5. The Labute approximate surface area is 156 Å². The summed E-state index contributed by atoms with van der Waals surface area (Å²) in [5, 5.41) is 0. The van der Waals surface area contributed by atoms with E-state index in [0.29, 0.717) is 23.4 Å². The van der Waals surface area contributed by atoms with E-state index in [1.54, 1.807) is 11.1 Å². The number of nitrogens with zero attached hydrogens (tertiary/aromatic N) is 1. The van der Waals surface area contributed by atoms with Gasteiger partial charge in [-0.2, -0.15) is 0 Å². The standard InChI is InChI=1S/C22H32BrN/c1-6-7-8-12-24-18(13-15(2)3)21-20-16(10-9-11-17(20)23)19(24)14-22(21,4)5/h9-11,18-19,21H,2,6-8,12-14H2,1,3-5H3. The minimum atomic E-state index is 0.350. The van der Waals surface area contributed by atoms with Crippen molar-refractivity contribution in [3.63, 3.8) is 0 Å². The molecular formula is C22H32BrN. The maximum Gasteiger partial charge on any atom is 0.0359 e. The second kappa shape index (κ2) is 6.96. The normalized spacial score (nSPS) is 28.0. The second-order valence-corrected chi connectivity index (χ2v) is 9.46. The molecule has 4 rings (SSSR count). The summed E-state index contributed by atoms with van der Waals surface area (Å²) in [4.78, 5) is 2.83. The van der Waals surface area contributed by atoms with Crippen LogP contribution in [-0.4, -0.2) is 17.5 Å². The van der Waals surface area contributed by atoms with E-state index < -0.39 is 0 Å². The Bertz CT molecular complexity index is 618. The molecule has 1 aliphatic carbocycles. The van der Waals surface area contributed by atoms with Crippen LogP contribution in [-0.2, 0) is 0 Å². The fraction of sp³-hybridized carbons (Fsp3) is 0.636. The highest BCUT2D eigenvalue weighted by molar-refractivity contribution is 9.10. The lowest BCUT2D eigenvalue weighted by Gasteiger charge is -2.60. The predicted molar refractivity (Wildman–Crippen MR) is 107 cm³/mol. The van der Waals surface area contributed by atoms with E-state index in [1.165, 1.54) is 42.3 Å². The molecule has 3 unspecified atom stereocenters. The van der Waals surface area contributed by atoms with Gasteiger partial charge in [-0.3, -0.25) is 4.90 Å². The van der Waals surface area contributed by atoms with Crippen LogP contribution in [0.5, 0.6) is 0 Å². The van der Waals surface area contributed by atoms with E-state index in [9.17, 15) is 0 Å². The van der Waals surface area contributed by atoms with Gasteiger partial charge in [0.2, 0.25) is 0 Å². The van der Waals surface area contributed by atoms with Crippen molar-refractivity contribution in [1.82, 2.24) is 4.90 Å². The monoisotopic (exact) mass is 389 g/mol. The third-order valence-electron chi connectivity index (χ3n) is 6.11. The molecule has 0 saturated carbocycles. The second-order valence-electron chi connectivity index (χ2n) is 8.60. The van der Waals surface area contributed by atoms with Gasteiger partial charge in [0.05, 0.1) is 0 Å². The van der Waals surface area contributed by atoms with Crippen LogP contribution in [0, 0.1) is 5.41 Å². The fourth-order valence-electron chi connectivity index (χ4n) is 5.19. The van der Waals surface area contributed by atoms with Crippen LogP contribution >= 0.6 is 15.9 Å². The van der Waals surface area contributed by atoms with Gasteiger partial charge in [0, 0.05) is 22.5 Å². The van der Waals surface area contributed by atoms with E-state index in [4.69, 9.17) is 0 Å². The lowest BCUT2D eigenvalue weighted by Crippen LogP contribution is -2.56. The number of benzene rings is 1. The molecular weight excluding hydrogens is 358 g/mol. The van der Waals surface area contributed by atoms with Crippen molar-refractivity contribution in [2.45, 2.75) is 77.8 Å². The lowest BCUT2D eigenvalue weighted by molar-refractivity contribution is -0.0268. The largest absolute Gasteiger partial charge is 0.292 e. The van der Waals surface area contributed by atoms with Crippen molar-refractivity contribution in [2.75, 3.05) is 6.54 Å². The van der Waals surface area contributed by atoms with Gasteiger partial charge in [-0.1, -0.05) is 67.2 Å². The summed E-state index contributed by atoms with van der Waals surface area (Å²) in [5.74, 6) is 0.589. The molecule has 0 N–H and O–H groups in total. The molecule has 2 aliphatic heterocycles. The van der Waals surface area contributed by atoms with E-state index in [-0.39, 0.29) is 0 Å². The Morgan fingerprint density at radius 1 is 1.33 bits per heavy atom. The highest BCUT2D eigenvalue weighted by atomic mass is 79.9. The zero-order valence-electron chi connectivity index (χ0n) is 15.7. The minimum Gasteiger partial charge on any atom is -0.292 e. The molecule has 0 aromatic heterocycles. The topological polar surface area (TPSA) is 3.24 Å². The lowest BCUT2D eigenvalue weighted by atomic mass is 9.57. The molecule has 2 heteroatoms. The van der Waals surface area contributed by atoms with Gasteiger partial charge in [-0.15, -0.1) is 6.58 Å². The molecule has 0 radical (unpaired) electrons. The molecule has 3 aliphatic rings. The molecule has 1 saturated heterocycles. The van der Waals surface area contributed by atoms with Crippen LogP contribution < -0.4 is 0 Å². The van der Waals surface area contributed by atoms with Crippen LogP contribution in [0.15, 0.2) is 34.8 Å². The van der Waals surface area contributed by atoms with E-state index in [1.807, 2.05) is 0 Å². The van der Waals surface area contributed by atoms with Crippen LogP contribution in [0.1, 0.15) is 82.9 Å². The molecule has 132 valence electrons. The molecule has 1 nitrogen and oxygen atoms in total. The van der Waals surface area contributed by atoms with Gasteiger partial charge in [-0.05, 0) is 55.3 Å². The summed E-state index contributed by atoms with van der Waals surface area (Å²) < 4.78 is 1.31. The van der Waals surface area contributed by atoms with Crippen molar-refractivity contribution in [3.8, 4) is 0 Å². The third-order valence-corrected chi connectivity index (χ3v) is 6.80. The Balaban J connectivity index is 2.04. The molecule has 2 bridgehead atoms. The van der Waals surface area contributed by atoms with Gasteiger partial charge in [-0.25, -0.2) is 0 Å². The summed E-state index contributed by atoms with van der Waals surface area (Å²) in [7, 11) is 0. The average Bonchev–Trinajstić information content (AvgIpc) is 2.49.